The highest BCUT2D eigenvalue weighted by atomic mass is 15.2. The smallest absolute Gasteiger partial charge is 0.252 e. The summed E-state index contributed by atoms with van der Waals surface area (Å²) in [5.74, 6) is 0. The van der Waals surface area contributed by atoms with Gasteiger partial charge in [-0.05, 0) is 168 Å². The first-order valence-corrected chi connectivity index (χ1v) is 16.7. The van der Waals surface area contributed by atoms with Crippen molar-refractivity contribution in [2.45, 2.75) is 72.1 Å². The molecule has 0 spiro atoms. The predicted molar refractivity (Wildman–Crippen MR) is 197 cm³/mol. The maximum atomic E-state index is 5.75. The van der Waals surface area contributed by atoms with Crippen LogP contribution < -0.4 is 26.2 Å². The summed E-state index contributed by atoms with van der Waals surface area (Å²) < 4.78 is 11.5. The molecule has 2 nitrogen and oxygen atoms in total. The van der Waals surface area contributed by atoms with Crippen LogP contribution >= 0.6 is 0 Å². The van der Waals surface area contributed by atoms with Crippen LogP contribution in [0, 0.1) is 20.8 Å². The SMILES string of the molecule is Cc1ccc(N2c3ccc(C)cc3B3c4cc5c(cc4N(c4ccc6c(c4)CCCC6)c4cc(C)cc2c43)CCCC5)cc1.[2H][B][2H]. The second-order valence-electron chi connectivity index (χ2n) is 13.8. The fourth-order valence-electron chi connectivity index (χ4n) is 8.60. The van der Waals surface area contributed by atoms with Crippen molar-refractivity contribution in [1.82, 2.24) is 0 Å². The number of aryl methyl sites for hydroxylation is 7. The summed E-state index contributed by atoms with van der Waals surface area (Å²) >= 11 is 0. The van der Waals surface area contributed by atoms with Gasteiger partial charge in [-0.25, -0.2) is 0 Å². The van der Waals surface area contributed by atoms with E-state index in [0.29, 0.717) is 8.34 Å². The molecule has 0 unspecified atom stereocenters. The van der Waals surface area contributed by atoms with E-state index in [1.165, 1.54) is 119 Å². The summed E-state index contributed by atoms with van der Waals surface area (Å²) in [4.78, 5) is 5.17. The average Bonchev–Trinajstić information content (AvgIpc) is 3.08. The molecule has 1 radical (unpaired) electrons. The van der Waals surface area contributed by atoms with Gasteiger partial charge in [-0.1, -0.05) is 47.5 Å². The second-order valence-corrected chi connectivity index (χ2v) is 13.8. The zero-order valence-corrected chi connectivity index (χ0v) is 26.8. The van der Waals surface area contributed by atoms with Crippen LogP contribution in [0.4, 0.5) is 34.1 Å². The number of benzene rings is 5. The molecular weight excluding hydrogens is 542 g/mol. The number of hydrogen-bond donors (Lipinski definition) is 0. The Hall–Kier alpha value is -4.17. The Kier molecular flexibility index (Phi) is 6.22. The van der Waals surface area contributed by atoms with Gasteiger partial charge in [0.2, 0.25) is 0 Å². The Bertz CT molecular complexity index is 2000. The van der Waals surface area contributed by atoms with Crippen molar-refractivity contribution in [2.24, 2.45) is 0 Å². The fourth-order valence-corrected chi connectivity index (χ4v) is 8.60. The quantitative estimate of drug-likeness (QED) is 0.194. The molecule has 4 heteroatoms. The molecule has 0 amide bonds. The summed E-state index contributed by atoms with van der Waals surface area (Å²) in [5, 5.41) is 0. The molecule has 0 N–H and O–H groups in total. The molecule has 0 saturated carbocycles. The molecule has 221 valence electrons. The van der Waals surface area contributed by atoms with Crippen LogP contribution in [0.5, 0.6) is 0 Å². The topological polar surface area (TPSA) is 6.48 Å². The monoisotopic (exact) mass is 585 g/mol. The van der Waals surface area contributed by atoms with Crippen LogP contribution in [0.15, 0.2) is 84.9 Å². The molecular formula is C41H41B2N2. The van der Waals surface area contributed by atoms with Crippen molar-refractivity contribution in [3.63, 3.8) is 0 Å². The first-order chi connectivity index (χ1) is 22.9. The van der Waals surface area contributed by atoms with E-state index in [-0.39, 0.29) is 6.71 Å². The molecule has 9 rings (SSSR count). The van der Waals surface area contributed by atoms with E-state index in [1.54, 1.807) is 22.3 Å². The molecule has 2 heterocycles. The lowest BCUT2D eigenvalue weighted by Crippen LogP contribution is -2.61. The largest absolute Gasteiger partial charge is 0.311 e. The minimum absolute atomic E-state index is 0.202. The lowest BCUT2D eigenvalue weighted by molar-refractivity contribution is 0.685. The number of rotatable bonds is 2. The van der Waals surface area contributed by atoms with Crippen LogP contribution in [-0.2, 0) is 25.7 Å². The summed E-state index contributed by atoms with van der Waals surface area (Å²) in [7, 11) is 0.500. The third-order valence-electron chi connectivity index (χ3n) is 10.7. The van der Waals surface area contributed by atoms with Crippen LogP contribution in [0.2, 0.25) is 0 Å². The van der Waals surface area contributed by atoms with Gasteiger partial charge in [0.1, 0.15) is 0 Å². The lowest BCUT2D eigenvalue weighted by Gasteiger charge is -2.45. The molecule has 0 atom stereocenters. The summed E-state index contributed by atoms with van der Waals surface area (Å²) in [6, 6.07) is 33.6. The Labute approximate surface area is 273 Å². The van der Waals surface area contributed by atoms with Crippen molar-refractivity contribution in [2.75, 3.05) is 9.80 Å². The van der Waals surface area contributed by atoms with Crippen molar-refractivity contribution in [3.8, 4) is 0 Å². The Morgan fingerprint density at radius 3 is 1.78 bits per heavy atom. The Balaban J connectivity index is 0.00000104. The molecule has 0 bridgehead atoms. The van der Waals surface area contributed by atoms with E-state index in [1.807, 2.05) is 0 Å². The number of hydrogen-bond acceptors (Lipinski definition) is 2. The van der Waals surface area contributed by atoms with Crippen LogP contribution in [0.3, 0.4) is 0 Å². The highest BCUT2D eigenvalue weighted by molar-refractivity contribution is 7.00. The maximum Gasteiger partial charge on any atom is 0.252 e. The molecule has 2 aliphatic carbocycles. The second kappa shape index (κ2) is 10.7. The minimum Gasteiger partial charge on any atom is -0.311 e. The van der Waals surface area contributed by atoms with Gasteiger partial charge in [-0.15, -0.1) is 0 Å². The number of fused-ring (bicyclic) bond motifs is 6. The van der Waals surface area contributed by atoms with E-state index in [9.17, 15) is 0 Å². The number of nitrogens with zero attached hydrogens (tertiary/aromatic N) is 2. The van der Waals surface area contributed by atoms with E-state index < -0.39 is 0 Å². The predicted octanol–water partition coefficient (Wildman–Crippen LogP) is 7.54. The zero-order chi connectivity index (χ0) is 32.2. The van der Waals surface area contributed by atoms with Crippen LogP contribution in [0.1, 0.15) is 64.6 Å². The molecule has 4 aliphatic rings. The number of anilines is 6. The van der Waals surface area contributed by atoms with Crippen molar-refractivity contribution in [3.05, 3.63) is 124 Å². The Morgan fingerprint density at radius 1 is 0.511 bits per heavy atom. The molecule has 45 heavy (non-hydrogen) atoms. The van der Waals surface area contributed by atoms with Gasteiger partial charge in [0.05, 0.1) is 8.34 Å². The van der Waals surface area contributed by atoms with Crippen molar-refractivity contribution >= 4 is 65.6 Å². The first-order valence-electron chi connectivity index (χ1n) is 17.9. The average molecular weight is 585 g/mol. The van der Waals surface area contributed by atoms with Crippen molar-refractivity contribution < 1.29 is 0 Å². The van der Waals surface area contributed by atoms with E-state index in [0.717, 1.165) is 0 Å². The highest BCUT2D eigenvalue weighted by Gasteiger charge is 2.44. The summed E-state index contributed by atoms with van der Waals surface area (Å²) in [6.07, 6.45) is 9.98. The molecule has 0 fully saturated rings. The van der Waals surface area contributed by atoms with Gasteiger partial charge in [0.15, 0.2) is 0 Å². The van der Waals surface area contributed by atoms with Gasteiger partial charge in [-0.3, -0.25) is 0 Å². The van der Waals surface area contributed by atoms with Crippen molar-refractivity contribution in [1.29, 1.82) is 2.67 Å². The van der Waals surface area contributed by atoms with Gasteiger partial charge in [0, 0.05) is 34.1 Å². The van der Waals surface area contributed by atoms with Gasteiger partial charge in [-0.2, -0.15) is 0 Å². The van der Waals surface area contributed by atoms with Gasteiger partial charge >= 0.3 is 0 Å². The molecule has 5 aromatic rings. The van der Waals surface area contributed by atoms with E-state index >= 15 is 0 Å². The summed E-state index contributed by atoms with van der Waals surface area (Å²) in [6.45, 7) is 6.90. The minimum atomic E-state index is 0.202. The first kappa shape index (κ1) is 26.1. The van der Waals surface area contributed by atoms with E-state index in [4.69, 9.17) is 2.67 Å². The molecule has 0 aromatic heterocycles. The normalized spacial score (nSPS) is 16.1. The molecule has 0 saturated heterocycles. The highest BCUT2D eigenvalue weighted by Crippen LogP contribution is 2.46. The molecule has 2 aliphatic heterocycles. The van der Waals surface area contributed by atoms with E-state index in [2.05, 4.69) is 116 Å². The fraction of sp³-hybridized carbons (Fsp3) is 0.268. The maximum absolute atomic E-state index is 5.75. The van der Waals surface area contributed by atoms with Gasteiger partial charge in [0.25, 0.3) is 6.71 Å². The van der Waals surface area contributed by atoms with Crippen LogP contribution in [-0.4, -0.2) is 17.7 Å². The lowest BCUT2D eigenvalue weighted by atomic mass is 9.33. The Morgan fingerprint density at radius 2 is 1.07 bits per heavy atom. The molecule has 5 aromatic carbocycles. The van der Waals surface area contributed by atoms with Crippen LogP contribution in [0.25, 0.3) is 0 Å². The third-order valence-corrected chi connectivity index (χ3v) is 10.7. The standard InChI is InChI=1S/C41H39BN2.BH2/c1-26-12-16-33(17-13-26)43-37-19-14-27(2)20-35(37)42-36-24-31-10-6-7-11-32(31)25-38(36)44(40-22-28(3)21-39(43)41(40)42)34-18-15-29-8-4-5-9-30(29)23-34;/h12-25H,4-11H2,1-3H3;1H2/i;1D2. The third kappa shape index (κ3) is 4.40. The van der Waals surface area contributed by atoms with Gasteiger partial charge < -0.3 is 9.80 Å². The summed E-state index contributed by atoms with van der Waals surface area (Å²) in [5.41, 5.74) is 22.3. The zero-order valence-electron chi connectivity index (χ0n) is 28.8.